The molecule has 1 aromatic rings. The van der Waals surface area contributed by atoms with Crippen molar-refractivity contribution in [1.82, 2.24) is 5.06 Å². The maximum absolute atomic E-state index is 10.2. The fourth-order valence-corrected chi connectivity index (χ4v) is 0.804. The van der Waals surface area contributed by atoms with Gasteiger partial charge in [0.25, 0.3) is 0 Å². The van der Waals surface area contributed by atoms with Gasteiger partial charge in [-0.2, -0.15) is 5.06 Å². The Balaban J connectivity index is 0.000000288. The van der Waals surface area contributed by atoms with Crippen molar-refractivity contribution in [3.8, 4) is 0 Å². The lowest BCUT2D eigenvalue weighted by Crippen LogP contribution is -2.16. The van der Waals surface area contributed by atoms with Crippen molar-refractivity contribution in [2.45, 2.75) is 13.8 Å². The summed E-state index contributed by atoms with van der Waals surface area (Å²) in [6.45, 7) is 5.25. The Bertz CT molecular complexity index is 270. The third-order valence-corrected chi connectivity index (χ3v) is 1.75. The highest BCUT2D eigenvalue weighted by atomic mass is 16.5. The number of hydroxylamine groups is 2. The molecule has 1 aromatic carbocycles. The van der Waals surface area contributed by atoms with E-state index in [0.29, 0.717) is 5.56 Å². The van der Waals surface area contributed by atoms with Gasteiger partial charge in [0, 0.05) is 13.1 Å². The molecule has 0 aliphatic heterocycles. The molecule has 0 bridgehead atoms. The lowest BCUT2D eigenvalue weighted by atomic mass is 10.2. The Labute approximate surface area is 89.7 Å². The van der Waals surface area contributed by atoms with Crippen LogP contribution in [0.2, 0.25) is 0 Å². The fraction of sp³-hybridized carbons (Fsp3) is 0.364. The molecule has 0 amide bonds. The predicted octanol–water partition coefficient (Wildman–Crippen LogP) is 2.10. The summed E-state index contributed by atoms with van der Waals surface area (Å²) in [5, 5.41) is 18.1. The highest BCUT2D eigenvalue weighted by molar-refractivity contribution is 5.87. The van der Waals surface area contributed by atoms with Gasteiger partial charge in [-0.25, -0.2) is 4.79 Å². The average molecular weight is 211 g/mol. The molecule has 0 aliphatic carbocycles. The minimum absolute atomic E-state index is 0.331. The van der Waals surface area contributed by atoms with Gasteiger partial charge in [-0.3, -0.25) is 0 Å². The SMILES string of the molecule is CCN(O)CC.O=C(O)c1ccccc1. The molecule has 0 unspecified atom stereocenters. The standard InChI is InChI=1S/C7H6O2.C4H11NO/c8-7(9)6-4-2-1-3-5-6;1-3-5(6)4-2/h1-5H,(H,8,9);6H,3-4H2,1-2H3. The van der Waals surface area contributed by atoms with Crippen LogP contribution in [0, 0.1) is 0 Å². The van der Waals surface area contributed by atoms with Gasteiger partial charge >= 0.3 is 5.97 Å². The molecule has 84 valence electrons. The molecule has 0 spiro atoms. The molecule has 0 saturated carbocycles. The molecule has 4 heteroatoms. The minimum atomic E-state index is -0.879. The number of carbonyl (C=O) groups is 1. The Morgan fingerprint density at radius 2 is 1.67 bits per heavy atom. The third-order valence-electron chi connectivity index (χ3n) is 1.75. The Morgan fingerprint density at radius 3 is 1.87 bits per heavy atom. The van der Waals surface area contributed by atoms with Crippen LogP contribution in [0.3, 0.4) is 0 Å². The molecule has 0 fully saturated rings. The molecule has 15 heavy (non-hydrogen) atoms. The van der Waals surface area contributed by atoms with Crippen LogP contribution >= 0.6 is 0 Å². The van der Waals surface area contributed by atoms with Crippen LogP contribution < -0.4 is 0 Å². The monoisotopic (exact) mass is 211 g/mol. The molecular formula is C11H17NO3. The van der Waals surface area contributed by atoms with Crippen molar-refractivity contribution >= 4 is 5.97 Å². The second-order valence-corrected chi connectivity index (χ2v) is 2.81. The number of hydrogen-bond acceptors (Lipinski definition) is 3. The van der Waals surface area contributed by atoms with E-state index in [0.717, 1.165) is 13.1 Å². The normalized spacial score (nSPS) is 9.33. The maximum atomic E-state index is 10.2. The van der Waals surface area contributed by atoms with Crippen molar-refractivity contribution in [3.05, 3.63) is 35.9 Å². The minimum Gasteiger partial charge on any atom is -0.478 e. The summed E-state index contributed by atoms with van der Waals surface area (Å²) in [5.41, 5.74) is 0.331. The van der Waals surface area contributed by atoms with Crippen molar-refractivity contribution in [2.24, 2.45) is 0 Å². The first kappa shape index (κ1) is 13.6. The van der Waals surface area contributed by atoms with Crippen molar-refractivity contribution < 1.29 is 15.1 Å². The van der Waals surface area contributed by atoms with Crippen molar-refractivity contribution in [2.75, 3.05) is 13.1 Å². The number of aromatic carboxylic acids is 1. The van der Waals surface area contributed by atoms with Gasteiger partial charge in [0.15, 0.2) is 0 Å². The second kappa shape index (κ2) is 7.96. The zero-order chi connectivity index (χ0) is 11.7. The van der Waals surface area contributed by atoms with Gasteiger partial charge < -0.3 is 10.3 Å². The van der Waals surface area contributed by atoms with E-state index in [4.69, 9.17) is 10.3 Å². The predicted molar refractivity (Wildman–Crippen MR) is 58.1 cm³/mol. The highest BCUT2D eigenvalue weighted by Crippen LogP contribution is 1.96. The molecule has 1 rings (SSSR count). The zero-order valence-electron chi connectivity index (χ0n) is 9.05. The zero-order valence-corrected chi connectivity index (χ0v) is 9.05. The Kier molecular flexibility index (Phi) is 7.23. The number of hydrogen-bond donors (Lipinski definition) is 2. The Hall–Kier alpha value is -1.39. The molecule has 0 saturated heterocycles. The number of rotatable bonds is 3. The molecule has 0 aliphatic rings. The molecular weight excluding hydrogens is 194 g/mol. The first-order valence-electron chi connectivity index (χ1n) is 4.84. The summed E-state index contributed by atoms with van der Waals surface area (Å²) in [6.07, 6.45) is 0. The summed E-state index contributed by atoms with van der Waals surface area (Å²) in [5.74, 6) is -0.879. The largest absolute Gasteiger partial charge is 0.478 e. The molecule has 0 heterocycles. The smallest absolute Gasteiger partial charge is 0.335 e. The van der Waals surface area contributed by atoms with E-state index in [1.165, 1.54) is 5.06 Å². The van der Waals surface area contributed by atoms with Crippen LogP contribution in [-0.4, -0.2) is 34.4 Å². The summed E-state index contributed by atoms with van der Waals surface area (Å²) >= 11 is 0. The van der Waals surface area contributed by atoms with Gasteiger partial charge in [0.05, 0.1) is 5.56 Å². The number of carboxylic acid groups (broad SMARTS) is 1. The lowest BCUT2D eigenvalue weighted by Gasteiger charge is -2.05. The topological polar surface area (TPSA) is 60.8 Å². The van der Waals surface area contributed by atoms with Crippen LogP contribution in [-0.2, 0) is 0 Å². The molecule has 0 aromatic heterocycles. The number of carboxylic acids is 1. The van der Waals surface area contributed by atoms with E-state index in [1.807, 2.05) is 13.8 Å². The van der Waals surface area contributed by atoms with Crippen LogP contribution in [0.15, 0.2) is 30.3 Å². The van der Waals surface area contributed by atoms with E-state index < -0.39 is 5.97 Å². The summed E-state index contributed by atoms with van der Waals surface area (Å²) in [4.78, 5) is 10.2. The molecule has 2 N–H and O–H groups in total. The number of benzene rings is 1. The summed E-state index contributed by atoms with van der Waals surface area (Å²) < 4.78 is 0. The first-order valence-corrected chi connectivity index (χ1v) is 4.84. The van der Waals surface area contributed by atoms with E-state index in [1.54, 1.807) is 30.3 Å². The summed E-state index contributed by atoms with van der Waals surface area (Å²) in [6, 6.07) is 8.30. The highest BCUT2D eigenvalue weighted by Gasteiger charge is 1.96. The molecule has 0 atom stereocenters. The fourth-order valence-electron chi connectivity index (χ4n) is 0.804. The van der Waals surface area contributed by atoms with Crippen LogP contribution in [0.25, 0.3) is 0 Å². The van der Waals surface area contributed by atoms with Crippen LogP contribution in [0.4, 0.5) is 0 Å². The quantitative estimate of drug-likeness (QED) is 0.752. The van der Waals surface area contributed by atoms with Crippen molar-refractivity contribution in [1.29, 1.82) is 0 Å². The maximum Gasteiger partial charge on any atom is 0.335 e. The van der Waals surface area contributed by atoms with E-state index in [2.05, 4.69) is 0 Å². The van der Waals surface area contributed by atoms with Crippen LogP contribution in [0.1, 0.15) is 24.2 Å². The van der Waals surface area contributed by atoms with Crippen molar-refractivity contribution in [3.63, 3.8) is 0 Å². The number of nitrogens with zero attached hydrogens (tertiary/aromatic N) is 1. The van der Waals surface area contributed by atoms with E-state index in [9.17, 15) is 4.79 Å². The first-order chi connectivity index (χ1) is 7.11. The third kappa shape index (κ3) is 6.65. The lowest BCUT2D eigenvalue weighted by molar-refractivity contribution is -0.0813. The molecule has 4 nitrogen and oxygen atoms in total. The van der Waals surface area contributed by atoms with Gasteiger partial charge in [-0.1, -0.05) is 32.0 Å². The van der Waals surface area contributed by atoms with E-state index >= 15 is 0 Å². The summed E-state index contributed by atoms with van der Waals surface area (Å²) in [7, 11) is 0. The van der Waals surface area contributed by atoms with Gasteiger partial charge in [-0.05, 0) is 12.1 Å². The van der Waals surface area contributed by atoms with Gasteiger partial charge in [-0.15, -0.1) is 0 Å². The Morgan fingerprint density at radius 1 is 1.20 bits per heavy atom. The average Bonchev–Trinajstić information content (AvgIpc) is 2.30. The van der Waals surface area contributed by atoms with E-state index in [-0.39, 0.29) is 0 Å². The van der Waals surface area contributed by atoms with Gasteiger partial charge in [0.2, 0.25) is 0 Å². The van der Waals surface area contributed by atoms with Crippen LogP contribution in [0.5, 0.6) is 0 Å². The molecule has 0 radical (unpaired) electrons. The van der Waals surface area contributed by atoms with Gasteiger partial charge in [0.1, 0.15) is 0 Å². The second-order valence-electron chi connectivity index (χ2n) is 2.81.